The molecule has 2 aromatic rings. The Morgan fingerprint density at radius 1 is 1.39 bits per heavy atom. The molecule has 2 atom stereocenters. The van der Waals surface area contributed by atoms with Gasteiger partial charge >= 0.3 is 0 Å². The van der Waals surface area contributed by atoms with E-state index in [4.69, 9.17) is 5.73 Å². The van der Waals surface area contributed by atoms with Crippen molar-refractivity contribution in [3.05, 3.63) is 23.8 Å². The average molecular weight is 244 g/mol. The van der Waals surface area contributed by atoms with Crippen LogP contribution in [0.3, 0.4) is 0 Å². The molecule has 94 valence electrons. The van der Waals surface area contributed by atoms with Gasteiger partial charge in [0.1, 0.15) is 5.82 Å². The molecule has 0 bridgehead atoms. The molecular formula is C13H16N4O. The largest absolute Gasteiger partial charge is 0.386 e. The molecule has 0 radical (unpaired) electrons. The van der Waals surface area contributed by atoms with Crippen LogP contribution in [-0.2, 0) is 0 Å². The minimum atomic E-state index is -0.520. The molecule has 3 rings (SSSR count). The van der Waals surface area contributed by atoms with E-state index >= 15 is 0 Å². The molecule has 1 aromatic heterocycles. The lowest BCUT2D eigenvalue weighted by atomic mass is 9.92. The number of nitrogens with one attached hydrogen (secondary N) is 1. The molecule has 0 saturated carbocycles. The van der Waals surface area contributed by atoms with Gasteiger partial charge in [0.05, 0.1) is 17.7 Å². The zero-order valence-corrected chi connectivity index (χ0v) is 10.2. The first-order valence-corrected chi connectivity index (χ1v) is 6.21. The van der Waals surface area contributed by atoms with Gasteiger partial charge in [-0.25, -0.2) is 4.98 Å². The summed E-state index contributed by atoms with van der Waals surface area (Å²) in [4.78, 5) is 8.44. The third kappa shape index (κ3) is 1.59. The standard InChI is InChI=1S/C13H16N4O/c1-2-4-9-11(18)7-5-3-6-8-10(7)12(15-9)17-13(14)16-8/h3,5-6,9,11,18H,2,4H2,1H3,(H3,14,15,16,17). The van der Waals surface area contributed by atoms with Crippen LogP contribution in [0.4, 0.5) is 11.8 Å². The van der Waals surface area contributed by atoms with Crippen molar-refractivity contribution in [1.29, 1.82) is 0 Å². The van der Waals surface area contributed by atoms with Crippen LogP contribution in [0.2, 0.25) is 0 Å². The Balaban J connectivity index is 2.22. The number of aliphatic hydroxyl groups excluding tert-OH is 1. The van der Waals surface area contributed by atoms with Gasteiger partial charge in [-0.3, -0.25) is 0 Å². The number of aromatic nitrogens is 2. The SMILES string of the molecule is CCCC1Nc2nc(N)nc3cccc(c23)C1O. The lowest BCUT2D eigenvalue weighted by Gasteiger charge is -2.31. The van der Waals surface area contributed by atoms with E-state index in [0.717, 1.165) is 35.1 Å². The molecule has 18 heavy (non-hydrogen) atoms. The molecule has 0 fully saturated rings. The van der Waals surface area contributed by atoms with Crippen LogP contribution in [0.25, 0.3) is 10.9 Å². The maximum atomic E-state index is 10.4. The summed E-state index contributed by atoms with van der Waals surface area (Å²) in [6.07, 6.45) is 1.37. The summed E-state index contributed by atoms with van der Waals surface area (Å²) in [6, 6.07) is 5.70. The predicted molar refractivity (Wildman–Crippen MR) is 71.2 cm³/mol. The van der Waals surface area contributed by atoms with Gasteiger partial charge in [-0.05, 0) is 18.1 Å². The van der Waals surface area contributed by atoms with Crippen LogP contribution in [0.5, 0.6) is 0 Å². The third-order valence-corrected chi connectivity index (χ3v) is 3.39. The molecule has 2 heterocycles. The number of benzene rings is 1. The number of nitrogens with two attached hydrogens (primary N) is 1. The summed E-state index contributed by atoms with van der Waals surface area (Å²) in [6.45, 7) is 2.10. The molecule has 0 saturated heterocycles. The van der Waals surface area contributed by atoms with Crippen molar-refractivity contribution in [2.24, 2.45) is 0 Å². The average Bonchev–Trinajstić information content (AvgIpc) is 2.35. The first kappa shape index (κ1) is 11.2. The number of hydrogen-bond acceptors (Lipinski definition) is 5. The van der Waals surface area contributed by atoms with Crippen molar-refractivity contribution in [2.45, 2.75) is 31.9 Å². The smallest absolute Gasteiger partial charge is 0.222 e. The van der Waals surface area contributed by atoms with Crippen LogP contribution >= 0.6 is 0 Å². The fraction of sp³-hybridized carbons (Fsp3) is 0.385. The molecular weight excluding hydrogens is 228 g/mol. The Morgan fingerprint density at radius 3 is 3.00 bits per heavy atom. The van der Waals surface area contributed by atoms with E-state index in [1.807, 2.05) is 18.2 Å². The highest BCUT2D eigenvalue weighted by Crippen LogP contribution is 2.37. The summed E-state index contributed by atoms with van der Waals surface area (Å²) in [5.74, 6) is 0.991. The minimum absolute atomic E-state index is 0.0117. The van der Waals surface area contributed by atoms with Gasteiger partial charge in [-0.1, -0.05) is 25.5 Å². The Kier molecular flexibility index (Phi) is 2.56. The molecule has 0 amide bonds. The number of nitrogen functional groups attached to an aromatic ring is 1. The molecule has 0 spiro atoms. The normalized spacial score (nSPS) is 21.9. The van der Waals surface area contributed by atoms with Crippen molar-refractivity contribution in [2.75, 3.05) is 11.1 Å². The summed E-state index contributed by atoms with van der Waals surface area (Å²) in [5, 5.41) is 14.5. The summed E-state index contributed by atoms with van der Waals surface area (Å²) in [5.41, 5.74) is 7.37. The fourth-order valence-electron chi connectivity index (χ4n) is 2.59. The van der Waals surface area contributed by atoms with Crippen LogP contribution < -0.4 is 11.1 Å². The van der Waals surface area contributed by atoms with Crippen molar-refractivity contribution >= 4 is 22.7 Å². The van der Waals surface area contributed by atoms with Crippen LogP contribution in [0.15, 0.2) is 18.2 Å². The van der Waals surface area contributed by atoms with E-state index in [1.165, 1.54) is 0 Å². The summed E-state index contributed by atoms with van der Waals surface area (Å²) >= 11 is 0. The van der Waals surface area contributed by atoms with Crippen LogP contribution in [0, 0.1) is 0 Å². The molecule has 0 aliphatic carbocycles. The number of aliphatic hydroxyl groups is 1. The van der Waals surface area contributed by atoms with Gasteiger partial charge in [0, 0.05) is 5.39 Å². The van der Waals surface area contributed by atoms with Crippen LogP contribution in [-0.4, -0.2) is 21.1 Å². The molecule has 1 aliphatic heterocycles. The zero-order chi connectivity index (χ0) is 12.7. The first-order valence-electron chi connectivity index (χ1n) is 6.21. The van der Waals surface area contributed by atoms with E-state index < -0.39 is 6.10 Å². The predicted octanol–water partition coefficient (Wildman–Crippen LogP) is 1.84. The zero-order valence-electron chi connectivity index (χ0n) is 10.2. The minimum Gasteiger partial charge on any atom is -0.386 e. The third-order valence-electron chi connectivity index (χ3n) is 3.39. The maximum absolute atomic E-state index is 10.4. The first-order chi connectivity index (χ1) is 8.70. The highest BCUT2D eigenvalue weighted by Gasteiger charge is 2.29. The number of rotatable bonds is 2. The summed E-state index contributed by atoms with van der Waals surface area (Å²) < 4.78 is 0. The van der Waals surface area contributed by atoms with E-state index in [9.17, 15) is 5.11 Å². The van der Waals surface area contributed by atoms with E-state index in [2.05, 4.69) is 22.2 Å². The molecule has 5 nitrogen and oxygen atoms in total. The van der Waals surface area contributed by atoms with Crippen molar-refractivity contribution in [1.82, 2.24) is 9.97 Å². The monoisotopic (exact) mass is 244 g/mol. The van der Waals surface area contributed by atoms with Gasteiger partial charge in [0.15, 0.2) is 0 Å². The van der Waals surface area contributed by atoms with Gasteiger partial charge < -0.3 is 16.2 Å². The Bertz CT molecular complexity index is 599. The Morgan fingerprint density at radius 2 is 2.22 bits per heavy atom. The highest BCUT2D eigenvalue weighted by atomic mass is 16.3. The second-order valence-corrected chi connectivity index (χ2v) is 4.66. The summed E-state index contributed by atoms with van der Waals surface area (Å²) in [7, 11) is 0. The van der Waals surface area contributed by atoms with E-state index in [1.54, 1.807) is 0 Å². The molecule has 5 heteroatoms. The maximum Gasteiger partial charge on any atom is 0.222 e. The van der Waals surface area contributed by atoms with Crippen molar-refractivity contribution in [3.63, 3.8) is 0 Å². The highest BCUT2D eigenvalue weighted by molar-refractivity contribution is 5.94. The van der Waals surface area contributed by atoms with Gasteiger partial charge in [-0.15, -0.1) is 0 Å². The lowest BCUT2D eigenvalue weighted by molar-refractivity contribution is 0.149. The van der Waals surface area contributed by atoms with Crippen molar-refractivity contribution in [3.8, 4) is 0 Å². The Labute approximate surface area is 105 Å². The Hall–Kier alpha value is -1.88. The fourth-order valence-corrected chi connectivity index (χ4v) is 2.59. The number of hydrogen-bond donors (Lipinski definition) is 3. The second kappa shape index (κ2) is 4.10. The quantitative estimate of drug-likeness (QED) is 0.750. The van der Waals surface area contributed by atoms with Gasteiger partial charge in [0.2, 0.25) is 5.95 Å². The van der Waals surface area contributed by atoms with Gasteiger partial charge in [0.25, 0.3) is 0 Å². The second-order valence-electron chi connectivity index (χ2n) is 4.66. The molecule has 4 N–H and O–H groups in total. The van der Waals surface area contributed by atoms with Crippen LogP contribution in [0.1, 0.15) is 31.4 Å². The topological polar surface area (TPSA) is 84.1 Å². The molecule has 1 aromatic carbocycles. The molecule has 2 unspecified atom stereocenters. The molecule has 1 aliphatic rings. The number of nitrogens with zero attached hydrogens (tertiary/aromatic N) is 2. The van der Waals surface area contributed by atoms with E-state index in [-0.39, 0.29) is 12.0 Å². The lowest BCUT2D eigenvalue weighted by Crippen LogP contribution is -2.31. The number of anilines is 2. The van der Waals surface area contributed by atoms with Gasteiger partial charge in [-0.2, -0.15) is 4.98 Å². The van der Waals surface area contributed by atoms with E-state index in [0.29, 0.717) is 0 Å². The van der Waals surface area contributed by atoms with Crippen molar-refractivity contribution < 1.29 is 5.11 Å².